The molecule has 6 heteroatoms. The average Bonchev–Trinajstić information content (AvgIpc) is 2.87. The molecule has 1 aromatic carbocycles. The van der Waals surface area contributed by atoms with E-state index in [2.05, 4.69) is 33.0 Å². The minimum atomic E-state index is -0.538. The van der Waals surface area contributed by atoms with E-state index in [0.29, 0.717) is 27.7 Å². The number of halogens is 2. The van der Waals surface area contributed by atoms with Crippen molar-refractivity contribution >= 4 is 15.9 Å². The van der Waals surface area contributed by atoms with Crippen LogP contribution in [0.3, 0.4) is 0 Å². The molecular weight excluding hydrogens is 337 g/mol. The third-order valence-corrected chi connectivity index (χ3v) is 4.47. The summed E-state index contributed by atoms with van der Waals surface area (Å²) >= 11 is 3.26. The molecule has 2 unspecified atom stereocenters. The highest BCUT2D eigenvalue weighted by atomic mass is 79.9. The van der Waals surface area contributed by atoms with E-state index >= 15 is 0 Å². The van der Waals surface area contributed by atoms with Gasteiger partial charge in [-0.05, 0) is 37.0 Å². The van der Waals surface area contributed by atoms with Gasteiger partial charge in [-0.25, -0.2) is 4.39 Å². The van der Waals surface area contributed by atoms with Crippen LogP contribution in [0.1, 0.15) is 38.4 Å². The van der Waals surface area contributed by atoms with Gasteiger partial charge in [0, 0.05) is 10.0 Å². The molecule has 0 bridgehead atoms. The van der Waals surface area contributed by atoms with E-state index in [4.69, 9.17) is 10.3 Å². The zero-order chi connectivity index (χ0) is 15.0. The standard InChI is InChI=1S/C15H17BrFN3O/c1-9-3-2-4-15(18,8-9)14-19-13(21-20-14)10-5-11(16)7-12(17)6-10/h5-7,9H,2-4,8,18H2,1H3. The third-order valence-electron chi connectivity index (χ3n) is 4.01. The van der Waals surface area contributed by atoms with Gasteiger partial charge in [-0.2, -0.15) is 4.98 Å². The Morgan fingerprint density at radius 3 is 2.95 bits per heavy atom. The maximum absolute atomic E-state index is 13.5. The number of nitrogens with zero attached hydrogens (tertiary/aromatic N) is 2. The molecule has 1 heterocycles. The molecule has 0 saturated heterocycles. The molecule has 0 spiro atoms. The predicted octanol–water partition coefficient (Wildman–Crippen LogP) is 4.00. The number of hydrogen-bond acceptors (Lipinski definition) is 4. The lowest BCUT2D eigenvalue weighted by atomic mass is 9.76. The smallest absolute Gasteiger partial charge is 0.258 e. The summed E-state index contributed by atoms with van der Waals surface area (Å²) in [6.45, 7) is 2.19. The summed E-state index contributed by atoms with van der Waals surface area (Å²) in [5.74, 6) is 1.01. The Hall–Kier alpha value is -1.27. The summed E-state index contributed by atoms with van der Waals surface area (Å²) < 4.78 is 19.4. The second kappa shape index (κ2) is 5.50. The molecular formula is C15H17BrFN3O. The lowest BCUT2D eigenvalue weighted by Crippen LogP contribution is -2.42. The molecule has 1 saturated carbocycles. The van der Waals surface area contributed by atoms with Crippen molar-refractivity contribution in [1.82, 2.24) is 10.1 Å². The van der Waals surface area contributed by atoms with Crippen LogP contribution in [0.15, 0.2) is 27.2 Å². The largest absolute Gasteiger partial charge is 0.334 e. The van der Waals surface area contributed by atoms with Gasteiger partial charge < -0.3 is 10.3 Å². The molecule has 1 aliphatic rings. The number of hydrogen-bond donors (Lipinski definition) is 1. The highest BCUT2D eigenvalue weighted by Crippen LogP contribution is 2.37. The van der Waals surface area contributed by atoms with Gasteiger partial charge in [0.2, 0.25) is 0 Å². The Bertz CT molecular complexity index is 640. The van der Waals surface area contributed by atoms with Crippen LogP contribution in [0.2, 0.25) is 0 Å². The fourth-order valence-corrected chi connectivity index (χ4v) is 3.48. The molecule has 1 aromatic heterocycles. The second-order valence-electron chi connectivity index (χ2n) is 5.94. The highest BCUT2D eigenvalue weighted by Gasteiger charge is 2.37. The Labute approximate surface area is 131 Å². The topological polar surface area (TPSA) is 64.9 Å². The Morgan fingerprint density at radius 1 is 1.43 bits per heavy atom. The molecule has 0 amide bonds. The van der Waals surface area contributed by atoms with Gasteiger partial charge in [-0.1, -0.05) is 40.9 Å². The van der Waals surface area contributed by atoms with Crippen molar-refractivity contribution < 1.29 is 8.91 Å². The maximum Gasteiger partial charge on any atom is 0.258 e. The first-order chi connectivity index (χ1) is 9.96. The van der Waals surface area contributed by atoms with Crippen LogP contribution in [0, 0.1) is 11.7 Å². The van der Waals surface area contributed by atoms with E-state index in [1.807, 2.05) is 0 Å². The summed E-state index contributed by atoms with van der Waals surface area (Å²) in [5.41, 5.74) is 6.47. The summed E-state index contributed by atoms with van der Waals surface area (Å²) in [5, 5.41) is 4.03. The molecule has 0 radical (unpaired) electrons. The van der Waals surface area contributed by atoms with Gasteiger partial charge in [-0.3, -0.25) is 0 Å². The van der Waals surface area contributed by atoms with Gasteiger partial charge in [0.25, 0.3) is 5.89 Å². The van der Waals surface area contributed by atoms with Gasteiger partial charge in [0.15, 0.2) is 5.82 Å². The average molecular weight is 354 g/mol. The molecule has 4 nitrogen and oxygen atoms in total. The zero-order valence-electron chi connectivity index (χ0n) is 11.8. The SMILES string of the molecule is CC1CCCC(N)(c2noc(-c3cc(F)cc(Br)c3)n2)C1. The summed E-state index contributed by atoms with van der Waals surface area (Å²) in [6, 6.07) is 4.50. The monoisotopic (exact) mass is 353 g/mol. The van der Waals surface area contributed by atoms with Crippen molar-refractivity contribution in [2.24, 2.45) is 11.7 Å². The Kier molecular flexibility index (Phi) is 3.84. The van der Waals surface area contributed by atoms with Crippen LogP contribution < -0.4 is 5.73 Å². The fraction of sp³-hybridized carbons (Fsp3) is 0.467. The van der Waals surface area contributed by atoms with Crippen molar-refractivity contribution in [3.8, 4) is 11.5 Å². The second-order valence-corrected chi connectivity index (χ2v) is 6.85. The molecule has 112 valence electrons. The van der Waals surface area contributed by atoms with E-state index in [1.54, 1.807) is 6.07 Å². The molecule has 2 aromatic rings. The van der Waals surface area contributed by atoms with Crippen LogP contribution in [0.4, 0.5) is 4.39 Å². The summed E-state index contributed by atoms with van der Waals surface area (Å²) in [6.07, 6.45) is 3.94. The van der Waals surface area contributed by atoms with E-state index in [9.17, 15) is 4.39 Å². The van der Waals surface area contributed by atoms with Crippen LogP contribution in [0.5, 0.6) is 0 Å². The third kappa shape index (κ3) is 3.01. The first-order valence-corrected chi connectivity index (χ1v) is 7.85. The normalized spacial score (nSPS) is 26.0. The Balaban J connectivity index is 1.92. The van der Waals surface area contributed by atoms with Crippen molar-refractivity contribution in [3.63, 3.8) is 0 Å². The van der Waals surface area contributed by atoms with Crippen LogP contribution >= 0.6 is 15.9 Å². The minimum absolute atomic E-state index is 0.299. The van der Waals surface area contributed by atoms with E-state index in [1.165, 1.54) is 18.6 Å². The van der Waals surface area contributed by atoms with Gasteiger partial charge in [0.05, 0.1) is 5.54 Å². The molecule has 2 atom stereocenters. The number of aromatic nitrogens is 2. The van der Waals surface area contributed by atoms with Crippen molar-refractivity contribution in [2.75, 3.05) is 0 Å². The quantitative estimate of drug-likeness (QED) is 0.885. The van der Waals surface area contributed by atoms with Crippen molar-refractivity contribution in [2.45, 2.75) is 38.1 Å². The first kappa shape index (κ1) is 14.7. The molecule has 0 aliphatic heterocycles. The van der Waals surface area contributed by atoms with E-state index in [0.717, 1.165) is 19.3 Å². The fourth-order valence-electron chi connectivity index (χ4n) is 3.02. The van der Waals surface area contributed by atoms with Crippen LogP contribution in [-0.4, -0.2) is 10.1 Å². The number of nitrogens with two attached hydrogens (primary N) is 1. The van der Waals surface area contributed by atoms with Crippen molar-refractivity contribution in [3.05, 3.63) is 34.3 Å². The number of benzene rings is 1. The first-order valence-electron chi connectivity index (χ1n) is 7.06. The molecule has 1 fully saturated rings. The minimum Gasteiger partial charge on any atom is -0.334 e. The van der Waals surface area contributed by atoms with E-state index < -0.39 is 5.54 Å². The van der Waals surface area contributed by atoms with Crippen molar-refractivity contribution in [1.29, 1.82) is 0 Å². The summed E-state index contributed by atoms with van der Waals surface area (Å²) in [4.78, 5) is 4.40. The molecule has 1 aliphatic carbocycles. The molecule has 3 rings (SSSR count). The predicted molar refractivity (Wildman–Crippen MR) is 80.9 cm³/mol. The molecule has 2 N–H and O–H groups in total. The Morgan fingerprint density at radius 2 is 2.24 bits per heavy atom. The van der Waals surface area contributed by atoms with E-state index in [-0.39, 0.29) is 5.82 Å². The van der Waals surface area contributed by atoms with Gasteiger partial charge >= 0.3 is 0 Å². The van der Waals surface area contributed by atoms with Gasteiger partial charge in [-0.15, -0.1) is 0 Å². The summed E-state index contributed by atoms with van der Waals surface area (Å²) in [7, 11) is 0. The lowest BCUT2D eigenvalue weighted by Gasteiger charge is -2.33. The molecule has 21 heavy (non-hydrogen) atoms. The van der Waals surface area contributed by atoms with Crippen LogP contribution in [0.25, 0.3) is 11.5 Å². The maximum atomic E-state index is 13.5. The van der Waals surface area contributed by atoms with Gasteiger partial charge in [0.1, 0.15) is 5.82 Å². The van der Waals surface area contributed by atoms with Crippen LogP contribution in [-0.2, 0) is 5.54 Å². The number of rotatable bonds is 2. The zero-order valence-corrected chi connectivity index (χ0v) is 13.4. The lowest BCUT2D eigenvalue weighted by molar-refractivity contribution is 0.222. The highest BCUT2D eigenvalue weighted by molar-refractivity contribution is 9.10.